The summed E-state index contributed by atoms with van der Waals surface area (Å²) in [5.41, 5.74) is 4.11. The van der Waals surface area contributed by atoms with E-state index in [0.717, 1.165) is 16.7 Å². The second-order valence-electron chi connectivity index (χ2n) is 8.64. The number of carbonyl (C=O) groups excluding carboxylic acids is 2. The molecular formula is C29H28ClN5O2S. The van der Waals surface area contributed by atoms with E-state index in [0.29, 0.717) is 33.8 Å². The lowest BCUT2D eigenvalue weighted by Crippen LogP contribution is -2.25. The number of nitrogens with one attached hydrogen (secondary N) is 2. The van der Waals surface area contributed by atoms with Crippen LogP contribution in [-0.4, -0.2) is 31.8 Å². The van der Waals surface area contributed by atoms with Crippen LogP contribution in [0.15, 0.2) is 84.0 Å². The first kappa shape index (κ1) is 27.2. The Morgan fingerprint density at radius 1 is 1.03 bits per heavy atom. The van der Waals surface area contributed by atoms with Gasteiger partial charge in [0, 0.05) is 35.1 Å². The summed E-state index contributed by atoms with van der Waals surface area (Å²) in [6.07, 6.45) is 3.89. The van der Waals surface area contributed by atoms with Gasteiger partial charge in [-0.05, 0) is 66.9 Å². The van der Waals surface area contributed by atoms with E-state index in [1.165, 1.54) is 17.8 Å². The van der Waals surface area contributed by atoms with E-state index in [9.17, 15) is 9.59 Å². The SMILES string of the molecule is CCC(Sc1nnc(-c2ccc(NC(=O)/C=C/c3ccccc3)cc2)n1C)C(=O)Nc1cc(Cl)ccc1C. The molecule has 0 saturated heterocycles. The van der Waals surface area contributed by atoms with Gasteiger partial charge in [-0.25, -0.2) is 0 Å². The number of thioether (sulfide) groups is 1. The van der Waals surface area contributed by atoms with Crippen LogP contribution in [0.3, 0.4) is 0 Å². The first-order valence-electron chi connectivity index (χ1n) is 12.1. The van der Waals surface area contributed by atoms with Gasteiger partial charge in [0.05, 0.1) is 5.25 Å². The molecule has 1 heterocycles. The summed E-state index contributed by atoms with van der Waals surface area (Å²) in [5, 5.41) is 15.3. The highest BCUT2D eigenvalue weighted by Crippen LogP contribution is 2.29. The molecule has 7 nitrogen and oxygen atoms in total. The number of rotatable bonds is 9. The van der Waals surface area contributed by atoms with E-state index in [4.69, 9.17) is 11.6 Å². The Hall–Kier alpha value is -3.88. The van der Waals surface area contributed by atoms with Crippen molar-refractivity contribution in [2.24, 2.45) is 7.05 Å². The van der Waals surface area contributed by atoms with E-state index in [-0.39, 0.29) is 17.1 Å². The van der Waals surface area contributed by atoms with Crippen molar-refractivity contribution in [1.82, 2.24) is 14.8 Å². The fourth-order valence-corrected chi connectivity index (χ4v) is 4.77. The molecule has 2 N–H and O–H groups in total. The Labute approximate surface area is 231 Å². The number of carbonyl (C=O) groups is 2. The second kappa shape index (κ2) is 12.6. The van der Waals surface area contributed by atoms with E-state index in [2.05, 4.69) is 20.8 Å². The highest BCUT2D eigenvalue weighted by atomic mass is 35.5. The minimum atomic E-state index is -0.356. The summed E-state index contributed by atoms with van der Waals surface area (Å²) < 4.78 is 1.86. The zero-order valence-electron chi connectivity index (χ0n) is 21.3. The van der Waals surface area contributed by atoms with Crippen LogP contribution in [0.2, 0.25) is 5.02 Å². The summed E-state index contributed by atoms with van der Waals surface area (Å²) >= 11 is 7.46. The van der Waals surface area contributed by atoms with Gasteiger partial charge in [0.2, 0.25) is 11.8 Å². The number of hydrogen-bond donors (Lipinski definition) is 2. The van der Waals surface area contributed by atoms with Gasteiger partial charge in [0.25, 0.3) is 0 Å². The number of aryl methyl sites for hydroxylation is 1. The van der Waals surface area contributed by atoms with E-state index in [1.807, 2.05) is 86.1 Å². The molecule has 4 rings (SSSR count). The van der Waals surface area contributed by atoms with E-state index in [1.54, 1.807) is 18.2 Å². The highest BCUT2D eigenvalue weighted by molar-refractivity contribution is 8.00. The molecule has 0 saturated carbocycles. The Balaban J connectivity index is 1.40. The number of halogens is 1. The van der Waals surface area contributed by atoms with Crippen molar-refractivity contribution >= 4 is 52.6 Å². The van der Waals surface area contributed by atoms with Crippen LogP contribution in [0, 0.1) is 6.92 Å². The van der Waals surface area contributed by atoms with Gasteiger partial charge >= 0.3 is 0 Å². The molecule has 3 aromatic carbocycles. The monoisotopic (exact) mass is 545 g/mol. The molecular weight excluding hydrogens is 518 g/mol. The quantitative estimate of drug-likeness (QED) is 0.182. The van der Waals surface area contributed by atoms with Crippen LogP contribution < -0.4 is 10.6 Å². The molecule has 38 heavy (non-hydrogen) atoms. The number of hydrogen-bond acceptors (Lipinski definition) is 5. The molecule has 0 fully saturated rings. The average molecular weight is 546 g/mol. The van der Waals surface area contributed by atoms with Crippen LogP contribution in [0.1, 0.15) is 24.5 Å². The lowest BCUT2D eigenvalue weighted by atomic mass is 10.2. The molecule has 0 spiro atoms. The van der Waals surface area contributed by atoms with Crippen LogP contribution in [0.4, 0.5) is 11.4 Å². The molecule has 0 aliphatic heterocycles. The fourth-order valence-electron chi connectivity index (χ4n) is 3.68. The normalized spacial score (nSPS) is 11.9. The van der Waals surface area contributed by atoms with Crippen LogP contribution in [0.25, 0.3) is 17.5 Å². The summed E-state index contributed by atoms with van der Waals surface area (Å²) in [4.78, 5) is 25.2. The minimum Gasteiger partial charge on any atom is -0.325 e. The minimum absolute atomic E-state index is 0.117. The van der Waals surface area contributed by atoms with Crippen molar-refractivity contribution in [3.63, 3.8) is 0 Å². The molecule has 1 aromatic heterocycles. The number of anilines is 2. The van der Waals surface area contributed by atoms with E-state index < -0.39 is 0 Å². The van der Waals surface area contributed by atoms with Gasteiger partial charge in [-0.15, -0.1) is 10.2 Å². The molecule has 0 radical (unpaired) electrons. The second-order valence-corrected chi connectivity index (χ2v) is 10.2. The molecule has 9 heteroatoms. The Morgan fingerprint density at radius 3 is 2.47 bits per heavy atom. The molecule has 0 aliphatic rings. The number of nitrogens with zero attached hydrogens (tertiary/aromatic N) is 3. The Kier molecular flexibility index (Phi) is 8.99. The van der Waals surface area contributed by atoms with Gasteiger partial charge in [-0.3, -0.25) is 9.59 Å². The first-order valence-corrected chi connectivity index (χ1v) is 13.4. The lowest BCUT2D eigenvalue weighted by Gasteiger charge is -2.15. The summed E-state index contributed by atoms with van der Waals surface area (Å²) in [5.74, 6) is 0.333. The largest absolute Gasteiger partial charge is 0.325 e. The van der Waals surface area contributed by atoms with Crippen molar-refractivity contribution in [3.05, 3.63) is 95.0 Å². The van der Waals surface area contributed by atoms with Crippen molar-refractivity contribution < 1.29 is 9.59 Å². The molecule has 0 aliphatic carbocycles. The van der Waals surface area contributed by atoms with Gasteiger partial charge < -0.3 is 15.2 Å². The lowest BCUT2D eigenvalue weighted by molar-refractivity contribution is -0.115. The van der Waals surface area contributed by atoms with Crippen molar-refractivity contribution in [1.29, 1.82) is 0 Å². The molecule has 0 bridgehead atoms. The standard InChI is InChI=1S/C29H28ClN5O2S/c1-4-25(28(37)32-24-18-22(30)14-10-19(24)2)38-29-34-33-27(35(29)3)21-12-15-23(16-13-21)31-26(36)17-11-20-8-6-5-7-9-20/h5-18,25H,4H2,1-3H3,(H,31,36)(H,32,37)/b17-11+. The zero-order valence-corrected chi connectivity index (χ0v) is 22.9. The molecule has 194 valence electrons. The third-order valence-corrected chi connectivity index (χ3v) is 7.47. The average Bonchev–Trinajstić information content (AvgIpc) is 3.28. The third-order valence-electron chi connectivity index (χ3n) is 5.84. The molecule has 4 aromatic rings. The maximum Gasteiger partial charge on any atom is 0.248 e. The maximum atomic E-state index is 13.0. The summed E-state index contributed by atoms with van der Waals surface area (Å²) in [7, 11) is 1.87. The summed E-state index contributed by atoms with van der Waals surface area (Å²) in [6.45, 7) is 3.88. The van der Waals surface area contributed by atoms with Gasteiger partial charge in [0.1, 0.15) is 0 Å². The maximum absolute atomic E-state index is 13.0. The smallest absolute Gasteiger partial charge is 0.248 e. The van der Waals surface area contributed by atoms with Crippen molar-refractivity contribution in [2.75, 3.05) is 10.6 Å². The molecule has 1 unspecified atom stereocenters. The highest BCUT2D eigenvalue weighted by Gasteiger charge is 2.22. The number of aromatic nitrogens is 3. The van der Waals surface area contributed by atoms with Gasteiger partial charge in [-0.1, -0.05) is 66.7 Å². The molecule has 1 atom stereocenters. The van der Waals surface area contributed by atoms with Crippen LogP contribution in [-0.2, 0) is 16.6 Å². The van der Waals surface area contributed by atoms with Crippen LogP contribution >= 0.6 is 23.4 Å². The predicted octanol–water partition coefficient (Wildman–Crippen LogP) is 6.61. The first-order chi connectivity index (χ1) is 18.3. The van der Waals surface area contributed by atoms with Crippen LogP contribution in [0.5, 0.6) is 0 Å². The Bertz CT molecular complexity index is 1450. The van der Waals surface area contributed by atoms with Crippen molar-refractivity contribution in [3.8, 4) is 11.4 Å². The topological polar surface area (TPSA) is 88.9 Å². The zero-order chi connectivity index (χ0) is 27.1. The number of benzene rings is 3. The van der Waals surface area contributed by atoms with Crippen molar-refractivity contribution in [2.45, 2.75) is 30.7 Å². The van der Waals surface area contributed by atoms with E-state index >= 15 is 0 Å². The molecule has 2 amide bonds. The van der Waals surface area contributed by atoms with Gasteiger partial charge in [0.15, 0.2) is 11.0 Å². The summed E-state index contributed by atoms with van der Waals surface area (Å²) in [6, 6.07) is 22.4. The predicted molar refractivity (Wildman–Crippen MR) is 155 cm³/mol. The number of amides is 2. The van der Waals surface area contributed by atoms with Gasteiger partial charge in [-0.2, -0.15) is 0 Å². The fraction of sp³-hybridized carbons (Fsp3) is 0.172. The Morgan fingerprint density at radius 2 is 1.76 bits per heavy atom. The third kappa shape index (κ3) is 6.90.